The van der Waals surface area contributed by atoms with Crippen molar-refractivity contribution in [3.05, 3.63) is 22.4 Å². The average molecular weight is 198 g/mol. The summed E-state index contributed by atoms with van der Waals surface area (Å²) < 4.78 is 0. The van der Waals surface area contributed by atoms with E-state index in [2.05, 4.69) is 0 Å². The lowest BCUT2D eigenvalue weighted by Gasteiger charge is -2.18. The summed E-state index contributed by atoms with van der Waals surface area (Å²) in [6.07, 6.45) is 0.806. The third kappa shape index (κ3) is 2.64. The number of carbonyl (C=O) groups excluding carboxylic acids is 1. The molecular weight excluding hydrogens is 184 g/mol. The Balaban J connectivity index is 2.61. The van der Waals surface area contributed by atoms with Crippen LogP contribution in [0, 0.1) is 0 Å². The number of Topliss-reactive ketones (excluding diaryl/α,β-unsaturated/α-hetero) is 1. The van der Waals surface area contributed by atoms with Gasteiger partial charge in [0.25, 0.3) is 0 Å². The van der Waals surface area contributed by atoms with Crippen molar-refractivity contribution in [2.75, 3.05) is 0 Å². The quantitative estimate of drug-likeness (QED) is 0.803. The summed E-state index contributed by atoms with van der Waals surface area (Å²) in [5, 5.41) is 13.5. The zero-order valence-corrected chi connectivity index (χ0v) is 8.73. The van der Waals surface area contributed by atoms with Crippen LogP contribution in [0.2, 0.25) is 0 Å². The van der Waals surface area contributed by atoms with Crippen LogP contribution in [-0.2, 0) is 11.2 Å². The van der Waals surface area contributed by atoms with Gasteiger partial charge in [0.2, 0.25) is 0 Å². The molecule has 0 aliphatic rings. The Morgan fingerprint density at radius 2 is 2.38 bits per heavy atom. The molecule has 1 aromatic rings. The van der Waals surface area contributed by atoms with Gasteiger partial charge in [-0.3, -0.25) is 4.79 Å². The molecule has 0 bridgehead atoms. The van der Waals surface area contributed by atoms with E-state index in [-0.39, 0.29) is 5.78 Å². The summed E-state index contributed by atoms with van der Waals surface area (Å²) in [5.41, 5.74) is -0.175. The van der Waals surface area contributed by atoms with Crippen molar-refractivity contribution in [1.82, 2.24) is 0 Å². The lowest BCUT2D eigenvalue weighted by atomic mass is 9.94. The molecule has 1 aromatic heterocycles. The number of hydrogen-bond donors (Lipinski definition) is 1. The predicted molar refractivity (Wildman–Crippen MR) is 53.9 cm³/mol. The third-order valence-corrected chi connectivity index (χ3v) is 2.97. The van der Waals surface area contributed by atoms with Crippen LogP contribution < -0.4 is 0 Å². The highest BCUT2D eigenvalue weighted by Gasteiger charge is 2.27. The number of thiophene rings is 1. The zero-order valence-electron chi connectivity index (χ0n) is 7.91. The van der Waals surface area contributed by atoms with Crippen LogP contribution in [0.15, 0.2) is 16.8 Å². The molecule has 0 aliphatic heterocycles. The van der Waals surface area contributed by atoms with Crippen molar-refractivity contribution >= 4 is 17.1 Å². The second-order valence-electron chi connectivity index (χ2n) is 3.36. The fourth-order valence-electron chi connectivity index (χ4n) is 0.966. The molecule has 1 heterocycles. The lowest BCUT2D eigenvalue weighted by molar-refractivity contribution is -0.135. The van der Waals surface area contributed by atoms with Gasteiger partial charge in [-0.05, 0) is 35.7 Å². The average Bonchev–Trinajstić information content (AvgIpc) is 2.57. The normalized spacial score (nSPS) is 15.3. The fourth-order valence-corrected chi connectivity index (χ4v) is 1.63. The molecule has 0 amide bonds. The van der Waals surface area contributed by atoms with Gasteiger partial charge < -0.3 is 5.11 Å². The second-order valence-corrected chi connectivity index (χ2v) is 4.14. The van der Waals surface area contributed by atoms with Gasteiger partial charge >= 0.3 is 0 Å². The molecule has 0 spiro atoms. The maximum Gasteiger partial charge on any atom is 0.168 e. The first-order chi connectivity index (χ1) is 6.06. The monoisotopic (exact) mass is 198 g/mol. The van der Waals surface area contributed by atoms with E-state index in [0.717, 1.165) is 5.56 Å². The summed E-state index contributed by atoms with van der Waals surface area (Å²) in [5.74, 6) is -0.103. The summed E-state index contributed by atoms with van der Waals surface area (Å²) in [4.78, 5) is 11.5. The van der Waals surface area contributed by atoms with Crippen LogP contribution in [0.25, 0.3) is 0 Å². The van der Waals surface area contributed by atoms with E-state index in [1.807, 2.05) is 23.8 Å². The minimum atomic E-state index is -1.16. The van der Waals surface area contributed by atoms with Crippen LogP contribution in [0.5, 0.6) is 0 Å². The first-order valence-electron chi connectivity index (χ1n) is 4.33. The van der Waals surface area contributed by atoms with Crippen molar-refractivity contribution < 1.29 is 9.90 Å². The predicted octanol–water partition coefficient (Wildman–Crippen LogP) is 2.02. The summed E-state index contributed by atoms with van der Waals surface area (Å²) in [7, 11) is 0. The van der Waals surface area contributed by atoms with Gasteiger partial charge in [-0.25, -0.2) is 0 Å². The molecule has 1 N–H and O–H groups in total. The van der Waals surface area contributed by atoms with Crippen LogP contribution in [0.3, 0.4) is 0 Å². The summed E-state index contributed by atoms with van der Waals surface area (Å²) >= 11 is 1.57. The highest BCUT2D eigenvalue weighted by atomic mass is 32.1. The smallest absolute Gasteiger partial charge is 0.168 e. The van der Waals surface area contributed by atoms with Gasteiger partial charge in [0, 0.05) is 6.42 Å². The molecule has 1 rings (SSSR count). The molecule has 0 aliphatic carbocycles. The number of rotatable bonds is 4. The maximum atomic E-state index is 11.5. The molecule has 1 atom stereocenters. The first-order valence-corrected chi connectivity index (χ1v) is 5.27. The van der Waals surface area contributed by atoms with E-state index in [1.165, 1.54) is 0 Å². The topological polar surface area (TPSA) is 37.3 Å². The second kappa shape index (κ2) is 4.03. The van der Waals surface area contributed by atoms with E-state index in [4.69, 9.17) is 0 Å². The van der Waals surface area contributed by atoms with Crippen molar-refractivity contribution in [2.45, 2.75) is 32.3 Å². The van der Waals surface area contributed by atoms with Gasteiger partial charge in [0.1, 0.15) is 5.60 Å². The van der Waals surface area contributed by atoms with E-state index in [1.54, 1.807) is 18.3 Å². The SMILES string of the molecule is CCC(C)(O)C(=O)Cc1ccsc1. The first kappa shape index (κ1) is 10.4. The Bertz CT molecular complexity index is 275. The van der Waals surface area contributed by atoms with Crippen molar-refractivity contribution in [3.63, 3.8) is 0 Å². The summed E-state index contributed by atoms with van der Waals surface area (Å²) in [6.45, 7) is 3.38. The van der Waals surface area contributed by atoms with Crippen LogP contribution >= 0.6 is 11.3 Å². The highest BCUT2D eigenvalue weighted by Crippen LogP contribution is 2.15. The Morgan fingerprint density at radius 1 is 1.69 bits per heavy atom. The van der Waals surface area contributed by atoms with Crippen molar-refractivity contribution in [3.8, 4) is 0 Å². The summed E-state index contributed by atoms with van der Waals surface area (Å²) in [6, 6.07) is 1.91. The molecular formula is C10H14O2S. The van der Waals surface area contributed by atoms with E-state index >= 15 is 0 Å². The van der Waals surface area contributed by atoms with Gasteiger partial charge in [0.15, 0.2) is 5.78 Å². The fraction of sp³-hybridized carbons (Fsp3) is 0.500. The molecule has 1 unspecified atom stereocenters. The van der Waals surface area contributed by atoms with Crippen LogP contribution in [0.1, 0.15) is 25.8 Å². The van der Waals surface area contributed by atoms with Gasteiger partial charge in [-0.2, -0.15) is 11.3 Å². The zero-order chi connectivity index (χ0) is 9.90. The maximum absolute atomic E-state index is 11.5. The molecule has 0 saturated heterocycles. The largest absolute Gasteiger partial charge is 0.382 e. The molecule has 0 aromatic carbocycles. The third-order valence-electron chi connectivity index (χ3n) is 2.23. The van der Waals surface area contributed by atoms with Crippen molar-refractivity contribution in [1.29, 1.82) is 0 Å². The Hall–Kier alpha value is -0.670. The molecule has 2 nitrogen and oxygen atoms in total. The van der Waals surface area contributed by atoms with E-state index in [0.29, 0.717) is 12.8 Å². The molecule has 0 fully saturated rings. The Morgan fingerprint density at radius 3 is 2.85 bits per heavy atom. The number of ketones is 1. The van der Waals surface area contributed by atoms with Crippen molar-refractivity contribution in [2.24, 2.45) is 0 Å². The molecule has 13 heavy (non-hydrogen) atoms. The molecule has 0 saturated carbocycles. The van der Waals surface area contributed by atoms with Crippen LogP contribution in [-0.4, -0.2) is 16.5 Å². The molecule has 3 heteroatoms. The number of hydrogen-bond acceptors (Lipinski definition) is 3. The Kier molecular flexibility index (Phi) is 3.22. The minimum absolute atomic E-state index is 0.103. The van der Waals surface area contributed by atoms with Gasteiger partial charge in [0.05, 0.1) is 0 Å². The van der Waals surface area contributed by atoms with E-state index in [9.17, 15) is 9.90 Å². The van der Waals surface area contributed by atoms with E-state index < -0.39 is 5.60 Å². The lowest BCUT2D eigenvalue weighted by Crippen LogP contribution is -2.35. The van der Waals surface area contributed by atoms with Gasteiger partial charge in [-0.15, -0.1) is 0 Å². The number of aliphatic hydroxyl groups is 1. The minimum Gasteiger partial charge on any atom is -0.382 e. The molecule has 0 radical (unpaired) electrons. The van der Waals surface area contributed by atoms with Gasteiger partial charge in [-0.1, -0.05) is 6.92 Å². The highest BCUT2D eigenvalue weighted by molar-refractivity contribution is 7.07. The molecule has 72 valence electrons. The number of carbonyl (C=O) groups is 1. The van der Waals surface area contributed by atoms with Crippen LogP contribution in [0.4, 0.5) is 0 Å². The standard InChI is InChI=1S/C10H14O2S/c1-3-10(2,12)9(11)6-8-4-5-13-7-8/h4-5,7,12H,3,6H2,1-2H3. The Labute approximate surface area is 82.2 Å².